The van der Waals surface area contributed by atoms with E-state index < -0.39 is 76.5 Å². The number of aliphatic hydroxyl groups is 4. The molecule has 2 fully saturated rings. The molecule has 0 amide bonds. The number of aromatic hydroxyl groups is 1. The van der Waals surface area contributed by atoms with Crippen LogP contribution in [-0.4, -0.2) is 84.3 Å². The standard InChI is InChI=1S/C25H26O10/c1-11-14(26)6-7-16(34-11)35-25-18-13(19(28)17-12(20(18)29)4-3-5-15(17)27)8-9-24(25,33)10-23(2,32)21(30)22(25)31/h3-5,8-9,11,14,16,21,26-27,30,32-33H,6-7,10H2,1-2H3. The van der Waals surface area contributed by atoms with Crippen LogP contribution in [0.4, 0.5) is 0 Å². The highest BCUT2D eigenvalue weighted by molar-refractivity contribution is 6.32. The van der Waals surface area contributed by atoms with Gasteiger partial charge < -0.3 is 35.0 Å². The van der Waals surface area contributed by atoms with Crippen LogP contribution < -0.4 is 0 Å². The molecule has 1 aliphatic heterocycles. The Morgan fingerprint density at radius 2 is 1.80 bits per heavy atom. The number of benzene rings is 1. The van der Waals surface area contributed by atoms with Crippen molar-refractivity contribution < 1.29 is 49.4 Å². The van der Waals surface area contributed by atoms with Crippen LogP contribution in [0.15, 0.2) is 41.5 Å². The first kappa shape index (κ1) is 24.0. The summed E-state index contributed by atoms with van der Waals surface area (Å²) in [6.07, 6.45) is -2.75. The van der Waals surface area contributed by atoms with Gasteiger partial charge in [0.05, 0.1) is 28.9 Å². The average Bonchev–Trinajstić information content (AvgIpc) is 2.79. The van der Waals surface area contributed by atoms with E-state index in [0.29, 0.717) is 0 Å². The molecule has 3 aliphatic carbocycles. The Morgan fingerprint density at radius 3 is 2.49 bits per heavy atom. The zero-order valence-electron chi connectivity index (χ0n) is 19.1. The molecule has 5 N–H and O–H groups in total. The van der Waals surface area contributed by atoms with Crippen LogP contribution in [0.3, 0.4) is 0 Å². The van der Waals surface area contributed by atoms with Crippen LogP contribution in [0, 0.1) is 0 Å². The summed E-state index contributed by atoms with van der Waals surface area (Å²) in [5.74, 6) is -3.24. The third-order valence-corrected chi connectivity index (χ3v) is 7.47. The van der Waals surface area contributed by atoms with Crippen LogP contribution >= 0.6 is 0 Å². The normalized spacial score (nSPS) is 40.9. The van der Waals surface area contributed by atoms with Crippen molar-refractivity contribution in [3.8, 4) is 5.75 Å². The number of carbonyl (C=O) groups excluding carboxylic acids is 3. The molecule has 7 atom stereocenters. The highest BCUT2D eigenvalue weighted by Gasteiger charge is 2.71. The van der Waals surface area contributed by atoms with Crippen LogP contribution in [-0.2, 0) is 14.3 Å². The lowest BCUT2D eigenvalue weighted by molar-refractivity contribution is -0.289. The van der Waals surface area contributed by atoms with E-state index in [1.807, 2.05) is 0 Å². The number of hydrogen-bond donors (Lipinski definition) is 5. The minimum absolute atomic E-state index is 0.0922. The molecular formula is C25H26O10. The summed E-state index contributed by atoms with van der Waals surface area (Å²) in [6, 6.07) is 3.92. The summed E-state index contributed by atoms with van der Waals surface area (Å²) >= 11 is 0. The summed E-state index contributed by atoms with van der Waals surface area (Å²) in [6.45, 7) is 2.76. The van der Waals surface area contributed by atoms with E-state index >= 15 is 0 Å². The number of fused-ring (bicyclic) bond motifs is 3. The molecule has 4 aliphatic rings. The van der Waals surface area contributed by atoms with Crippen molar-refractivity contribution in [3.05, 3.63) is 52.6 Å². The van der Waals surface area contributed by atoms with Gasteiger partial charge in [0.2, 0.25) is 5.78 Å². The predicted octanol–water partition coefficient (Wildman–Crippen LogP) is 0.0947. The largest absolute Gasteiger partial charge is 0.507 e. The molecule has 1 saturated heterocycles. The van der Waals surface area contributed by atoms with Gasteiger partial charge in [0.1, 0.15) is 17.5 Å². The molecule has 10 heteroatoms. The molecule has 7 unspecified atom stereocenters. The second kappa shape index (κ2) is 7.63. The predicted molar refractivity (Wildman–Crippen MR) is 118 cm³/mol. The Hall–Kier alpha value is -2.73. The molecule has 0 aromatic heterocycles. The van der Waals surface area contributed by atoms with Crippen LogP contribution in [0.2, 0.25) is 0 Å². The van der Waals surface area contributed by atoms with Crippen molar-refractivity contribution in [1.29, 1.82) is 0 Å². The monoisotopic (exact) mass is 486 g/mol. The smallest absolute Gasteiger partial charge is 0.204 e. The van der Waals surface area contributed by atoms with Gasteiger partial charge in [0, 0.05) is 24.0 Å². The van der Waals surface area contributed by atoms with Gasteiger partial charge in [-0.3, -0.25) is 14.4 Å². The molecule has 1 heterocycles. The van der Waals surface area contributed by atoms with E-state index in [1.165, 1.54) is 31.2 Å². The van der Waals surface area contributed by atoms with E-state index in [1.54, 1.807) is 6.92 Å². The molecule has 1 aromatic rings. The van der Waals surface area contributed by atoms with Crippen LogP contribution in [0.1, 0.15) is 53.8 Å². The minimum atomic E-state index is -2.60. The zero-order chi connectivity index (χ0) is 25.5. The average molecular weight is 486 g/mol. The molecule has 1 saturated carbocycles. The summed E-state index contributed by atoms with van der Waals surface area (Å²) in [7, 11) is 0. The Morgan fingerprint density at radius 1 is 1.09 bits per heavy atom. The number of phenols is 1. The molecule has 0 spiro atoms. The van der Waals surface area contributed by atoms with Gasteiger partial charge in [0.25, 0.3) is 0 Å². The third-order valence-electron chi connectivity index (χ3n) is 7.47. The summed E-state index contributed by atoms with van der Waals surface area (Å²) in [5.41, 5.74) is -8.21. The first-order valence-corrected chi connectivity index (χ1v) is 11.4. The van der Waals surface area contributed by atoms with Gasteiger partial charge in [-0.1, -0.05) is 18.2 Å². The molecule has 1 aromatic carbocycles. The first-order chi connectivity index (χ1) is 16.3. The molecule has 186 valence electrons. The van der Waals surface area contributed by atoms with E-state index in [2.05, 4.69) is 0 Å². The molecule has 10 nitrogen and oxygen atoms in total. The van der Waals surface area contributed by atoms with E-state index in [4.69, 9.17) is 9.47 Å². The van der Waals surface area contributed by atoms with Crippen molar-refractivity contribution >= 4 is 17.3 Å². The van der Waals surface area contributed by atoms with Crippen LogP contribution in [0.25, 0.3) is 0 Å². The second-order valence-electron chi connectivity index (χ2n) is 9.92. The van der Waals surface area contributed by atoms with E-state index in [0.717, 1.165) is 6.08 Å². The molecule has 35 heavy (non-hydrogen) atoms. The molecule has 5 rings (SSSR count). The van der Waals surface area contributed by atoms with Gasteiger partial charge in [0.15, 0.2) is 23.5 Å². The number of Topliss-reactive ketones (excluding diaryl/α,β-unsaturated/α-hetero) is 3. The number of aliphatic hydroxyl groups excluding tert-OH is 2. The van der Waals surface area contributed by atoms with Gasteiger partial charge in [-0.2, -0.15) is 0 Å². The molecule has 0 radical (unpaired) electrons. The van der Waals surface area contributed by atoms with Crippen molar-refractivity contribution in [3.63, 3.8) is 0 Å². The Labute approximate surface area is 200 Å². The maximum atomic E-state index is 13.8. The fourth-order valence-electron chi connectivity index (χ4n) is 5.62. The van der Waals surface area contributed by atoms with Crippen molar-refractivity contribution in [1.82, 2.24) is 0 Å². The highest BCUT2D eigenvalue weighted by atomic mass is 16.7. The van der Waals surface area contributed by atoms with E-state index in [-0.39, 0.29) is 29.5 Å². The maximum Gasteiger partial charge on any atom is 0.204 e. The lowest BCUT2D eigenvalue weighted by atomic mass is 9.56. The molecular weight excluding hydrogens is 460 g/mol. The lowest BCUT2D eigenvalue weighted by Crippen LogP contribution is -2.75. The number of carbonyl (C=O) groups is 3. The minimum Gasteiger partial charge on any atom is -0.507 e. The Kier molecular flexibility index (Phi) is 5.23. The van der Waals surface area contributed by atoms with Crippen LogP contribution in [0.5, 0.6) is 5.75 Å². The summed E-state index contributed by atoms with van der Waals surface area (Å²) < 4.78 is 11.8. The summed E-state index contributed by atoms with van der Waals surface area (Å²) in [4.78, 5) is 41.0. The van der Waals surface area contributed by atoms with E-state index in [9.17, 15) is 39.9 Å². The number of phenolic OH excluding ortho intramolecular Hbond substituents is 1. The lowest BCUT2D eigenvalue weighted by Gasteiger charge is -2.56. The van der Waals surface area contributed by atoms with Crippen molar-refractivity contribution in [2.45, 2.75) is 74.5 Å². The van der Waals surface area contributed by atoms with Gasteiger partial charge in [-0.15, -0.1) is 0 Å². The molecule has 0 bridgehead atoms. The van der Waals surface area contributed by atoms with Gasteiger partial charge in [-0.05, 0) is 32.4 Å². The number of ketones is 3. The number of allylic oxidation sites excluding steroid dienone is 2. The highest BCUT2D eigenvalue weighted by Crippen LogP contribution is 2.54. The van der Waals surface area contributed by atoms with Gasteiger partial charge in [-0.25, -0.2) is 0 Å². The number of ether oxygens (including phenoxy) is 2. The SMILES string of the molecule is CC1OC(OC23C(=O)C(O)C(C)(O)CC2(O)C=CC2=C3C(=O)c3cccc(O)c3C2=O)CCC1O. The van der Waals surface area contributed by atoms with Crippen molar-refractivity contribution in [2.24, 2.45) is 0 Å². The number of hydrogen-bond acceptors (Lipinski definition) is 10. The Balaban J connectivity index is 1.74. The quantitative estimate of drug-likeness (QED) is 0.386. The van der Waals surface area contributed by atoms with Crippen molar-refractivity contribution in [2.75, 3.05) is 0 Å². The zero-order valence-corrected chi connectivity index (χ0v) is 19.1. The summed E-state index contributed by atoms with van der Waals surface area (Å²) in [5, 5.41) is 53.6. The fraction of sp³-hybridized carbons (Fsp3) is 0.480. The topological polar surface area (TPSA) is 171 Å². The fourth-order valence-corrected chi connectivity index (χ4v) is 5.62. The number of rotatable bonds is 2. The second-order valence-corrected chi connectivity index (χ2v) is 9.92. The van der Waals surface area contributed by atoms with Gasteiger partial charge >= 0.3 is 0 Å². The third kappa shape index (κ3) is 3.15. The maximum absolute atomic E-state index is 13.8. The first-order valence-electron chi connectivity index (χ1n) is 11.4. The Bertz CT molecular complexity index is 1210.